The van der Waals surface area contributed by atoms with Crippen molar-refractivity contribution < 1.29 is 28.2 Å². The number of allylic oxidation sites excluding steroid dienone is 1. The molecule has 1 unspecified atom stereocenters. The molecule has 0 radical (unpaired) electrons. The van der Waals surface area contributed by atoms with Crippen LogP contribution in [-0.2, 0) is 16.3 Å². The largest absolute Gasteiger partial charge is 0.412 e. The van der Waals surface area contributed by atoms with E-state index in [1.165, 1.54) is 5.51 Å². The topological polar surface area (TPSA) is 82.5 Å². The van der Waals surface area contributed by atoms with Crippen LogP contribution in [0.5, 0.6) is 0 Å². The molecule has 1 aromatic heterocycles. The van der Waals surface area contributed by atoms with Crippen LogP contribution in [0.4, 0.5) is 13.2 Å². The molecule has 2 heterocycles. The quantitative estimate of drug-likeness (QED) is 0.710. The normalized spacial score (nSPS) is 20.0. The summed E-state index contributed by atoms with van der Waals surface area (Å²) in [4.78, 5) is 15.8. The lowest BCUT2D eigenvalue weighted by molar-refractivity contribution is -0.117. The molecule has 0 saturated heterocycles. The summed E-state index contributed by atoms with van der Waals surface area (Å²) in [5.41, 5.74) is 1.04. The Morgan fingerprint density at radius 1 is 1.48 bits per heavy atom. The molecule has 0 fully saturated rings. The average molecular weight is 368 g/mol. The first-order valence-electron chi connectivity index (χ1n) is 6.77. The number of thiazole rings is 1. The van der Waals surface area contributed by atoms with Gasteiger partial charge in [0, 0.05) is 11.6 Å². The van der Waals surface area contributed by atoms with E-state index in [4.69, 9.17) is 0 Å². The van der Waals surface area contributed by atoms with Crippen LogP contribution in [0.1, 0.15) is 30.3 Å². The van der Waals surface area contributed by atoms with Gasteiger partial charge < -0.3 is 15.5 Å². The van der Waals surface area contributed by atoms with Gasteiger partial charge in [0.15, 0.2) is 0 Å². The Morgan fingerprint density at radius 2 is 2.17 bits per heavy atom. The van der Waals surface area contributed by atoms with Crippen molar-refractivity contribution in [2.24, 2.45) is 0 Å². The van der Waals surface area contributed by atoms with Crippen LogP contribution in [0.25, 0.3) is 0 Å². The van der Waals surface area contributed by atoms with Gasteiger partial charge in [-0.15, -0.1) is 11.3 Å². The molecule has 1 aliphatic rings. The molecule has 0 aliphatic carbocycles. The van der Waals surface area contributed by atoms with Gasteiger partial charge in [-0.3, -0.25) is 4.79 Å². The standard InChI is InChI=1S/C13H15F3N2O3S2/c1-2-8-11(22-6-17-8)13(20,21)23-10-4-3-7(12(14,15)16)5-9(19)18-10/h5-6,10,20-21H,2-4H2,1H3,(H,18,19). The second-order valence-corrected chi connectivity index (χ2v) is 7.14. The first-order chi connectivity index (χ1) is 10.6. The molecule has 23 heavy (non-hydrogen) atoms. The van der Waals surface area contributed by atoms with Crippen LogP contribution >= 0.6 is 23.1 Å². The van der Waals surface area contributed by atoms with Crippen molar-refractivity contribution in [2.75, 3.05) is 0 Å². The number of halogens is 3. The minimum absolute atomic E-state index is 0.0646. The van der Waals surface area contributed by atoms with Crippen LogP contribution in [0, 0.1) is 0 Å². The molecular formula is C13H15F3N2O3S2. The summed E-state index contributed by atoms with van der Waals surface area (Å²) < 4.78 is 38.2. The van der Waals surface area contributed by atoms with Crippen molar-refractivity contribution in [1.29, 1.82) is 0 Å². The lowest BCUT2D eigenvalue weighted by atomic mass is 10.1. The van der Waals surface area contributed by atoms with E-state index in [-0.39, 0.29) is 17.7 Å². The highest BCUT2D eigenvalue weighted by molar-refractivity contribution is 8.00. The third-order valence-electron chi connectivity index (χ3n) is 3.23. The molecule has 3 N–H and O–H groups in total. The minimum atomic E-state index is -4.57. The monoisotopic (exact) mass is 368 g/mol. The number of aromatic nitrogens is 1. The molecule has 1 aromatic rings. The number of alkyl halides is 3. The SMILES string of the molecule is CCc1ncsc1C(O)(O)SC1CCC(C(F)(F)F)=CC(=O)N1. The van der Waals surface area contributed by atoms with Crippen molar-refractivity contribution in [2.45, 2.75) is 42.9 Å². The highest BCUT2D eigenvalue weighted by atomic mass is 32.2. The van der Waals surface area contributed by atoms with Gasteiger partial charge in [-0.25, -0.2) is 4.98 Å². The Bertz CT molecular complexity index is 614. The summed E-state index contributed by atoms with van der Waals surface area (Å²) in [6, 6.07) is 0. The zero-order valence-electron chi connectivity index (χ0n) is 12.1. The predicted octanol–water partition coefficient (Wildman–Crippen LogP) is 2.26. The number of carbonyl (C=O) groups is 1. The van der Waals surface area contributed by atoms with Crippen molar-refractivity contribution >= 4 is 29.0 Å². The fourth-order valence-corrected chi connectivity index (χ4v) is 4.23. The van der Waals surface area contributed by atoms with Crippen LogP contribution in [-0.4, -0.2) is 32.7 Å². The van der Waals surface area contributed by atoms with E-state index in [2.05, 4.69) is 10.3 Å². The number of rotatable bonds is 4. The third-order valence-corrected chi connectivity index (χ3v) is 5.49. The molecule has 5 nitrogen and oxygen atoms in total. The van der Waals surface area contributed by atoms with Gasteiger partial charge >= 0.3 is 6.18 Å². The number of nitrogens with one attached hydrogen (secondary N) is 1. The zero-order chi connectivity index (χ0) is 17.3. The zero-order valence-corrected chi connectivity index (χ0v) is 13.7. The van der Waals surface area contributed by atoms with E-state index in [0.29, 0.717) is 30.0 Å². The molecule has 1 amide bonds. The first-order valence-corrected chi connectivity index (χ1v) is 8.53. The molecule has 0 aromatic carbocycles. The Balaban J connectivity index is 2.11. The summed E-state index contributed by atoms with van der Waals surface area (Å²) in [6.07, 6.45) is -4.01. The highest BCUT2D eigenvalue weighted by Crippen LogP contribution is 2.40. The highest BCUT2D eigenvalue weighted by Gasteiger charge is 2.39. The second-order valence-electron chi connectivity index (χ2n) is 4.91. The summed E-state index contributed by atoms with van der Waals surface area (Å²) in [5.74, 6) is -0.900. The second kappa shape index (κ2) is 6.80. The van der Waals surface area contributed by atoms with E-state index in [1.807, 2.05) is 0 Å². The summed E-state index contributed by atoms with van der Waals surface area (Å²) in [7, 11) is 0. The summed E-state index contributed by atoms with van der Waals surface area (Å²) >= 11 is 1.63. The molecule has 0 saturated carbocycles. The van der Waals surface area contributed by atoms with Gasteiger partial charge in [0.25, 0.3) is 5.12 Å². The van der Waals surface area contributed by atoms with Gasteiger partial charge in [-0.05, 0) is 19.3 Å². The third kappa shape index (κ3) is 4.46. The smallest absolute Gasteiger partial charge is 0.353 e. The van der Waals surface area contributed by atoms with Gasteiger partial charge in [0.1, 0.15) is 0 Å². The number of thioether (sulfide) groups is 1. The van der Waals surface area contributed by atoms with E-state index in [9.17, 15) is 28.2 Å². The number of aryl methyl sites for hydroxylation is 1. The molecule has 1 aliphatic heterocycles. The Morgan fingerprint density at radius 3 is 2.78 bits per heavy atom. The van der Waals surface area contributed by atoms with Gasteiger partial charge in [0.05, 0.1) is 21.5 Å². The summed E-state index contributed by atoms with van der Waals surface area (Å²) in [6.45, 7) is 1.80. The maximum atomic E-state index is 12.7. The van der Waals surface area contributed by atoms with Crippen LogP contribution < -0.4 is 5.32 Å². The molecular weight excluding hydrogens is 353 g/mol. The number of amides is 1. The Kier molecular flexibility index (Phi) is 5.39. The fourth-order valence-electron chi connectivity index (χ4n) is 2.14. The Hall–Kier alpha value is -1.10. The van der Waals surface area contributed by atoms with Crippen LogP contribution in [0.3, 0.4) is 0 Å². The molecule has 10 heteroatoms. The lowest BCUT2D eigenvalue weighted by Crippen LogP contribution is -2.35. The average Bonchev–Trinajstić information content (AvgIpc) is 2.83. The molecule has 0 bridgehead atoms. The van der Waals surface area contributed by atoms with Crippen molar-refractivity contribution in [3.8, 4) is 0 Å². The van der Waals surface area contributed by atoms with Crippen molar-refractivity contribution in [3.05, 3.63) is 27.7 Å². The molecule has 128 valence electrons. The minimum Gasteiger partial charge on any atom is -0.353 e. The lowest BCUT2D eigenvalue weighted by Gasteiger charge is -2.26. The van der Waals surface area contributed by atoms with Crippen LogP contribution in [0.2, 0.25) is 0 Å². The van der Waals surface area contributed by atoms with Crippen molar-refractivity contribution in [1.82, 2.24) is 10.3 Å². The van der Waals surface area contributed by atoms with E-state index < -0.39 is 28.1 Å². The number of nitrogens with zero attached hydrogens (tertiary/aromatic N) is 1. The molecule has 2 rings (SSSR count). The Labute approximate surface area is 138 Å². The maximum Gasteiger partial charge on any atom is 0.412 e. The maximum absolute atomic E-state index is 12.7. The van der Waals surface area contributed by atoms with Gasteiger partial charge in [-0.1, -0.05) is 18.7 Å². The van der Waals surface area contributed by atoms with Crippen molar-refractivity contribution in [3.63, 3.8) is 0 Å². The number of aliphatic hydroxyl groups is 2. The van der Waals surface area contributed by atoms with E-state index >= 15 is 0 Å². The van der Waals surface area contributed by atoms with Gasteiger partial charge in [-0.2, -0.15) is 13.2 Å². The molecule has 0 spiro atoms. The number of hydrogen-bond donors (Lipinski definition) is 3. The fraction of sp³-hybridized carbons (Fsp3) is 0.538. The number of hydrogen-bond acceptors (Lipinski definition) is 6. The molecule has 1 atom stereocenters. The van der Waals surface area contributed by atoms with E-state index in [1.54, 1.807) is 6.92 Å². The van der Waals surface area contributed by atoms with Crippen LogP contribution in [0.15, 0.2) is 17.2 Å². The van der Waals surface area contributed by atoms with E-state index in [0.717, 1.165) is 11.3 Å². The summed E-state index contributed by atoms with van der Waals surface area (Å²) in [5, 5.41) is 19.6. The first kappa shape index (κ1) is 18.2. The van der Waals surface area contributed by atoms with Gasteiger partial charge in [0.2, 0.25) is 5.91 Å². The predicted molar refractivity (Wildman–Crippen MR) is 80.5 cm³/mol. The number of carbonyl (C=O) groups excluding carboxylic acids is 1.